The quantitative estimate of drug-likeness (QED) is 0.222. The molecule has 0 saturated carbocycles. The van der Waals surface area contributed by atoms with E-state index in [1.165, 1.54) is 7.11 Å². The van der Waals surface area contributed by atoms with Crippen LogP contribution in [0.25, 0.3) is 11.3 Å². The van der Waals surface area contributed by atoms with E-state index in [0.717, 1.165) is 32.7 Å². The number of hydrogen-bond donors (Lipinski definition) is 2. The number of nitrogens with zero attached hydrogens (tertiary/aromatic N) is 2. The van der Waals surface area contributed by atoms with Gasteiger partial charge in [-0.05, 0) is 79.3 Å². The normalized spacial score (nSPS) is 16.9. The molecule has 1 aliphatic rings. The molecular formula is C28H24BrClN4O3S. The van der Waals surface area contributed by atoms with Gasteiger partial charge in [0, 0.05) is 29.0 Å². The summed E-state index contributed by atoms with van der Waals surface area (Å²) in [5, 5.41) is 7.05. The van der Waals surface area contributed by atoms with Crippen LogP contribution in [-0.2, 0) is 9.53 Å². The number of nitrogens with one attached hydrogen (secondary N) is 2. The molecule has 194 valence electrons. The third kappa shape index (κ3) is 5.33. The monoisotopic (exact) mass is 610 g/mol. The molecule has 0 unspecified atom stereocenters. The van der Waals surface area contributed by atoms with Crippen molar-refractivity contribution in [3.05, 3.63) is 99.4 Å². The Morgan fingerprint density at radius 2 is 2.05 bits per heavy atom. The summed E-state index contributed by atoms with van der Waals surface area (Å²) in [6.45, 7) is 1.98. The molecular weight excluding hydrogens is 588 g/mol. The van der Waals surface area contributed by atoms with Crippen molar-refractivity contribution in [2.75, 3.05) is 23.9 Å². The lowest BCUT2D eigenvalue weighted by atomic mass is 10.0. The zero-order valence-corrected chi connectivity index (χ0v) is 23.7. The summed E-state index contributed by atoms with van der Waals surface area (Å²) in [6, 6.07) is 20.6. The molecule has 2 aromatic heterocycles. The molecule has 2 atom stereocenters. The minimum atomic E-state index is -0.347. The summed E-state index contributed by atoms with van der Waals surface area (Å²) < 4.78 is 12.3. The fraction of sp³-hybridized carbons (Fsp3) is 0.179. The lowest BCUT2D eigenvalue weighted by molar-refractivity contribution is -0.119. The van der Waals surface area contributed by atoms with Gasteiger partial charge in [0.2, 0.25) is 5.91 Å². The smallest absolute Gasteiger partial charge is 0.250 e. The van der Waals surface area contributed by atoms with Crippen molar-refractivity contribution in [3.8, 4) is 11.3 Å². The molecule has 5 rings (SSSR count). The van der Waals surface area contributed by atoms with E-state index in [1.807, 2.05) is 60.4 Å². The first-order valence-corrected chi connectivity index (χ1v) is 13.4. The van der Waals surface area contributed by atoms with Gasteiger partial charge in [0.05, 0.1) is 22.4 Å². The number of benzene rings is 2. The van der Waals surface area contributed by atoms with Gasteiger partial charge in [0.15, 0.2) is 5.11 Å². The second kappa shape index (κ2) is 11.2. The van der Waals surface area contributed by atoms with Crippen molar-refractivity contribution >= 4 is 62.1 Å². The number of halogens is 2. The molecule has 0 radical (unpaired) electrons. The number of carbonyl (C=O) groups excluding carboxylic acids is 1. The third-order valence-electron chi connectivity index (χ3n) is 6.19. The average Bonchev–Trinajstić information content (AvgIpc) is 3.50. The molecule has 0 aliphatic carbocycles. The average molecular weight is 612 g/mol. The Morgan fingerprint density at radius 3 is 2.76 bits per heavy atom. The van der Waals surface area contributed by atoms with Crippen molar-refractivity contribution in [1.82, 2.24) is 10.3 Å². The number of carbonyl (C=O) groups is 1. The molecule has 1 fully saturated rings. The molecule has 0 bridgehead atoms. The highest BCUT2D eigenvalue weighted by molar-refractivity contribution is 9.10. The molecule has 10 heteroatoms. The minimum Gasteiger partial charge on any atom is -0.459 e. The van der Waals surface area contributed by atoms with Crippen molar-refractivity contribution in [3.63, 3.8) is 0 Å². The zero-order chi connectivity index (χ0) is 26.8. The Kier molecular flexibility index (Phi) is 7.80. The van der Waals surface area contributed by atoms with Crippen molar-refractivity contribution < 1.29 is 13.9 Å². The van der Waals surface area contributed by atoms with Gasteiger partial charge in [0.25, 0.3) is 0 Å². The van der Waals surface area contributed by atoms with Crippen LogP contribution in [0, 0.1) is 6.92 Å². The molecule has 4 aromatic rings. The fourth-order valence-corrected chi connectivity index (χ4v) is 5.73. The number of thiocarbonyl (C=S) groups is 1. The molecule has 2 aromatic carbocycles. The van der Waals surface area contributed by atoms with Crippen molar-refractivity contribution in [1.29, 1.82) is 0 Å². The lowest BCUT2D eigenvalue weighted by Gasteiger charge is -2.26. The predicted octanol–water partition coefficient (Wildman–Crippen LogP) is 6.83. The second-order valence-corrected chi connectivity index (χ2v) is 10.5. The van der Waals surface area contributed by atoms with E-state index >= 15 is 0 Å². The van der Waals surface area contributed by atoms with Crippen LogP contribution >= 0.6 is 39.7 Å². The van der Waals surface area contributed by atoms with Crippen LogP contribution in [0.3, 0.4) is 0 Å². The SMILES string of the molecule is COCC(=O)Nc1ccc(N2C(=S)N[C@@H](c3ccccn3)[C@H]2c2ccc(-c3ccc(C)cc3Br)o2)cc1Cl. The largest absolute Gasteiger partial charge is 0.459 e. The first kappa shape index (κ1) is 26.4. The summed E-state index contributed by atoms with van der Waals surface area (Å²) in [5.74, 6) is 1.15. The standard InChI is InChI=1S/C28H24BrClN4O3S/c1-16-6-8-18(19(29)13-16)23-10-11-24(37-23)27-26(22-5-3-4-12-31-22)33-28(38)34(27)17-7-9-21(20(30)14-17)32-25(35)15-36-2/h3-14,26-27H,15H2,1-2H3,(H,32,35)(H,33,38)/t26-,27+/m0/s1. The maximum absolute atomic E-state index is 12.0. The highest BCUT2D eigenvalue weighted by Gasteiger charge is 2.42. The fourth-order valence-electron chi connectivity index (χ4n) is 4.47. The number of furan rings is 1. The first-order valence-electron chi connectivity index (χ1n) is 11.8. The van der Waals surface area contributed by atoms with E-state index in [1.54, 1.807) is 18.3 Å². The Bertz CT molecular complexity index is 1500. The Balaban J connectivity index is 1.55. The van der Waals surface area contributed by atoms with Crippen LogP contribution in [-0.4, -0.2) is 29.7 Å². The van der Waals surface area contributed by atoms with Crippen molar-refractivity contribution in [2.45, 2.75) is 19.0 Å². The zero-order valence-electron chi connectivity index (χ0n) is 20.6. The Morgan fingerprint density at radius 1 is 1.21 bits per heavy atom. The van der Waals surface area contributed by atoms with Gasteiger partial charge in [-0.15, -0.1) is 0 Å². The summed E-state index contributed by atoms with van der Waals surface area (Å²) >= 11 is 16.0. The van der Waals surface area contributed by atoms with E-state index in [9.17, 15) is 4.79 Å². The molecule has 1 amide bonds. The third-order valence-corrected chi connectivity index (χ3v) is 7.47. The van der Waals surface area contributed by atoms with Crippen molar-refractivity contribution in [2.24, 2.45) is 0 Å². The van der Waals surface area contributed by atoms with E-state index < -0.39 is 0 Å². The van der Waals surface area contributed by atoms with Crippen LogP contribution < -0.4 is 15.5 Å². The van der Waals surface area contributed by atoms with E-state index in [4.69, 9.17) is 33.0 Å². The van der Waals surface area contributed by atoms with E-state index in [-0.39, 0.29) is 24.6 Å². The molecule has 38 heavy (non-hydrogen) atoms. The van der Waals surface area contributed by atoms with Gasteiger partial charge in [-0.25, -0.2) is 0 Å². The molecule has 1 aliphatic heterocycles. The lowest BCUT2D eigenvalue weighted by Crippen LogP contribution is -2.29. The Labute approximate surface area is 239 Å². The molecule has 7 nitrogen and oxygen atoms in total. The van der Waals surface area contributed by atoms with Gasteiger partial charge in [0.1, 0.15) is 24.2 Å². The van der Waals surface area contributed by atoms with Gasteiger partial charge < -0.3 is 24.7 Å². The topological polar surface area (TPSA) is 79.6 Å². The highest BCUT2D eigenvalue weighted by atomic mass is 79.9. The molecule has 1 saturated heterocycles. The highest BCUT2D eigenvalue weighted by Crippen LogP contribution is 2.44. The van der Waals surface area contributed by atoms with Crippen LogP contribution in [0.1, 0.15) is 29.1 Å². The number of rotatable bonds is 7. The summed E-state index contributed by atoms with van der Waals surface area (Å²) in [5.41, 5.74) is 4.16. The minimum absolute atomic E-state index is 0.0655. The predicted molar refractivity (Wildman–Crippen MR) is 156 cm³/mol. The number of aryl methyl sites for hydroxylation is 1. The van der Waals surface area contributed by atoms with Crippen LogP contribution in [0.2, 0.25) is 5.02 Å². The number of methoxy groups -OCH3 is 1. The summed E-state index contributed by atoms with van der Waals surface area (Å²) in [4.78, 5) is 18.6. The molecule has 0 spiro atoms. The molecule has 3 heterocycles. The number of aromatic nitrogens is 1. The van der Waals surface area contributed by atoms with E-state index in [2.05, 4.69) is 37.6 Å². The maximum atomic E-state index is 12.0. The summed E-state index contributed by atoms with van der Waals surface area (Å²) in [7, 11) is 1.46. The van der Waals surface area contributed by atoms with Gasteiger partial charge in [-0.3, -0.25) is 9.78 Å². The second-order valence-electron chi connectivity index (χ2n) is 8.83. The van der Waals surface area contributed by atoms with E-state index in [0.29, 0.717) is 21.6 Å². The maximum Gasteiger partial charge on any atom is 0.250 e. The number of amides is 1. The van der Waals surface area contributed by atoms with Crippen LogP contribution in [0.5, 0.6) is 0 Å². The Hall–Kier alpha value is -3.24. The first-order chi connectivity index (χ1) is 18.4. The van der Waals surface area contributed by atoms with Gasteiger partial charge in [-0.2, -0.15) is 0 Å². The van der Waals surface area contributed by atoms with Gasteiger partial charge >= 0.3 is 0 Å². The van der Waals surface area contributed by atoms with Crippen LogP contribution in [0.4, 0.5) is 11.4 Å². The number of pyridine rings is 1. The number of ether oxygens (including phenoxy) is 1. The number of anilines is 2. The number of hydrogen-bond acceptors (Lipinski definition) is 5. The van der Waals surface area contributed by atoms with Crippen LogP contribution in [0.15, 0.2) is 81.8 Å². The summed E-state index contributed by atoms with van der Waals surface area (Å²) in [6.07, 6.45) is 1.76. The van der Waals surface area contributed by atoms with Gasteiger partial charge in [-0.1, -0.05) is 39.7 Å². The molecule has 2 N–H and O–H groups in total.